The molecule has 0 spiro atoms. The number of nitrogens with zero attached hydrogens (tertiary/aromatic N) is 2. The van der Waals surface area contributed by atoms with Crippen LogP contribution in [0.1, 0.15) is 70.2 Å². The molecule has 1 unspecified atom stereocenters. The normalized spacial score (nSPS) is 16.6. The summed E-state index contributed by atoms with van der Waals surface area (Å²) in [5.41, 5.74) is 1.96. The zero-order valence-corrected chi connectivity index (χ0v) is 25.7. The molecule has 3 rings (SSSR count). The van der Waals surface area contributed by atoms with E-state index in [0.29, 0.717) is 60.6 Å². The topological polar surface area (TPSA) is 88.5 Å². The van der Waals surface area contributed by atoms with Crippen molar-refractivity contribution in [3.8, 4) is 17.2 Å². The number of hydrogen-bond acceptors (Lipinski definition) is 7. The number of aryl methyl sites for hydroxylation is 1. The number of aliphatic hydroxyl groups excluding tert-OH is 1. The molecular formula is C33H46N2O6. The van der Waals surface area contributed by atoms with Gasteiger partial charge in [0.25, 0.3) is 11.7 Å². The van der Waals surface area contributed by atoms with Gasteiger partial charge in [-0.25, -0.2) is 0 Å². The molecule has 1 aliphatic heterocycles. The summed E-state index contributed by atoms with van der Waals surface area (Å²) in [6.45, 7) is 16.0. The molecule has 0 bridgehead atoms. The second kappa shape index (κ2) is 14.9. The number of amides is 1. The molecule has 8 heteroatoms. The van der Waals surface area contributed by atoms with Crippen molar-refractivity contribution in [1.29, 1.82) is 0 Å². The van der Waals surface area contributed by atoms with Crippen LogP contribution in [0.4, 0.5) is 0 Å². The fraction of sp³-hybridized carbons (Fsp3) is 0.515. The summed E-state index contributed by atoms with van der Waals surface area (Å²) in [4.78, 5) is 30.7. The third-order valence-corrected chi connectivity index (χ3v) is 7.47. The average molecular weight is 567 g/mol. The number of carbonyl (C=O) groups is 2. The minimum Gasteiger partial charge on any atom is -0.507 e. The molecular weight excluding hydrogens is 520 g/mol. The van der Waals surface area contributed by atoms with Crippen molar-refractivity contribution in [2.24, 2.45) is 5.92 Å². The van der Waals surface area contributed by atoms with E-state index >= 15 is 0 Å². The van der Waals surface area contributed by atoms with Crippen LogP contribution < -0.4 is 14.2 Å². The van der Waals surface area contributed by atoms with Crippen LogP contribution in [0.25, 0.3) is 5.76 Å². The Morgan fingerprint density at radius 1 is 1.00 bits per heavy atom. The number of aliphatic hydroxyl groups is 1. The van der Waals surface area contributed by atoms with Gasteiger partial charge in [0.15, 0.2) is 11.5 Å². The number of ketones is 1. The van der Waals surface area contributed by atoms with Crippen molar-refractivity contribution >= 4 is 17.4 Å². The van der Waals surface area contributed by atoms with Crippen LogP contribution in [0.3, 0.4) is 0 Å². The first kappa shape index (κ1) is 32.0. The lowest BCUT2D eigenvalue weighted by Gasteiger charge is -2.28. The minimum absolute atomic E-state index is 0.0652. The van der Waals surface area contributed by atoms with E-state index in [1.165, 1.54) is 0 Å². The van der Waals surface area contributed by atoms with E-state index in [2.05, 4.69) is 32.6 Å². The molecule has 8 nitrogen and oxygen atoms in total. The third-order valence-electron chi connectivity index (χ3n) is 7.47. The van der Waals surface area contributed by atoms with Crippen molar-refractivity contribution in [2.75, 3.05) is 46.5 Å². The highest BCUT2D eigenvalue weighted by molar-refractivity contribution is 6.46. The van der Waals surface area contributed by atoms with Gasteiger partial charge in [0, 0.05) is 18.7 Å². The van der Waals surface area contributed by atoms with Crippen LogP contribution in [0.2, 0.25) is 0 Å². The first-order valence-electron chi connectivity index (χ1n) is 14.7. The van der Waals surface area contributed by atoms with Gasteiger partial charge in [0.05, 0.1) is 31.9 Å². The fourth-order valence-corrected chi connectivity index (χ4v) is 4.98. The summed E-state index contributed by atoms with van der Waals surface area (Å²) in [5.74, 6) is 0.769. The Morgan fingerprint density at radius 3 is 2.34 bits per heavy atom. The van der Waals surface area contributed by atoms with Crippen LogP contribution in [0, 0.1) is 12.8 Å². The van der Waals surface area contributed by atoms with Gasteiger partial charge in [-0.05, 0) is 80.2 Å². The number of likely N-dealkylation sites (tertiary alicyclic amines) is 1. The Balaban J connectivity index is 2.10. The molecule has 0 aliphatic carbocycles. The van der Waals surface area contributed by atoms with Crippen LogP contribution in [-0.4, -0.2) is 73.1 Å². The van der Waals surface area contributed by atoms with Crippen molar-refractivity contribution in [1.82, 2.24) is 9.80 Å². The SMILES string of the molecule is CCCOc1ccc(/C(O)=C2\C(=O)C(=O)N(CCN(CC)CC)C2c2ccc(OCCC(C)C)c(OC)c2)c(C)c1. The van der Waals surface area contributed by atoms with E-state index in [-0.39, 0.29) is 11.3 Å². The molecule has 0 saturated carbocycles. The maximum atomic E-state index is 13.5. The standard InChI is InChI=1S/C33H46N2O6/c1-8-18-40-25-12-13-26(23(6)20-25)31(36)29-30(35(33(38)32(29)37)17-16-34(9-2)10-3)24-11-14-27(28(21-24)39-7)41-19-15-22(4)5/h11-14,20-22,30,36H,8-10,15-19H2,1-7H3/b31-29+. The molecule has 1 amide bonds. The van der Waals surface area contributed by atoms with Crippen LogP contribution >= 0.6 is 0 Å². The molecule has 224 valence electrons. The highest BCUT2D eigenvalue weighted by Crippen LogP contribution is 2.42. The summed E-state index contributed by atoms with van der Waals surface area (Å²) in [6, 6.07) is 10.0. The Morgan fingerprint density at radius 2 is 1.73 bits per heavy atom. The number of benzene rings is 2. The molecule has 1 atom stereocenters. The van der Waals surface area contributed by atoms with E-state index < -0.39 is 17.7 Å². The van der Waals surface area contributed by atoms with Crippen molar-refractivity contribution in [3.05, 3.63) is 58.7 Å². The summed E-state index contributed by atoms with van der Waals surface area (Å²) in [6.07, 6.45) is 1.78. The van der Waals surface area contributed by atoms with Crippen LogP contribution in [-0.2, 0) is 9.59 Å². The number of methoxy groups -OCH3 is 1. The number of likely N-dealkylation sites (N-methyl/N-ethyl adjacent to an activating group) is 1. The Bertz CT molecular complexity index is 1230. The monoisotopic (exact) mass is 566 g/mol. The lowest BCUT2D eigenvalue weighted by molar-refractivity contribution is -0.140. The van der Waals surface area contributed by atoms with Crippen molar-refractivity contribution in [2.45, 2.75) is 60.4 Å². The number of Topliss-reactive ketones (excluding diaryl/α,β-unsaturated/α-hetero) is 1. The molecule has 1 fully saturated rings. The Kier molecular flexibility index (Phi) is 11.6. The van der Waals surface area contributed by atoms with E-state index in [0.717, 1.165) is 31.5 Å². The highest BCUT2D eigenvalue weighted by Gasteiger charge is 2.46. The lowest BCUT2D eigenvalue weighted by atomic mass is 9.93. The number of rotatable bonds is 15. The van der Waals surface area contributed by atoms with Gasteiger partial charge in [-0.2, -0.15) is 0 Å². The maximum absolute atomic E-state index is 13.5. The lowest BCUT2D eigenvalue weighted by Crippen LogP contribution is -2.38. The summed E-state index contributed by atoms with van der Waals surface area (Å²) < 4.78 is 17.4. The molecule has 1 aliphatic rings. The second-order valence-electron chi connectivity index (χ2n) is 10.8. The van der Waals surface area contributed by atoms with Crippen molar-refractivity contribution in [3.63, 3.8) is 0 Å². The quantitative estimate of drug-likeness (QED) is 0.161. The van der Waals surface area contributed by atoms with Gasteiger partial charge < -0.3 is 29.1 Å². The van der Waals surface area contributed by atoms with Crippen LogP contribution in [0.5, 0.6) is 17.2 Å². The summed E-state index contributed by atoms with van der Waals surface area (Å²) in [7, 11) is 1.57. The molecule has 0 radical (unpaired) electrons. The second-order valence-corrected chi connectivity index (χ2v) is 10.8. The maximum Gasteiger partial charge on any atom is 0.295 e. The fourth-order valence-electron chi connectivity index (χ4n) is 4.98. The number of ether oxygens (including phenoxy) is 3. The molecule has 2 aromatic carbocycles. The first-order chi connectivity index (χ1) is 19.7. The molecule has 0 aromatic heterocycles. The van der Waals surface area contributed by atoms with Crippen LogP contribution in [0.15, 0.2) is 42.0 Å². The summed E-state index contributed by atoms with van der Waals surface area (Å²) >= 11 is 0. The van der Waals surface area contributed by atoms with Crippen molar-refractivity contribution < 1.29 is 28.9 Å². The third kappa shape index (κ3) is 7.61. The van der Waals surface area contributed by atoms with E-state index in [1.807, 2.05) is 32.0 Å². The molecule has 41 heavy (non-hydrogen) atoms. The van der Waals surface area contributed by atoms with E-state index in [1.54, 1.807) is 30.2 Å². The number of carbonyl (C=O) groups excluding carboxylic acids is 2. The zero-order chi connectivity index (χ0) is 30.1. The van der Waals surface area contributed by atoms with Gasteiger partial charge in [-0.15, -0.1) is 0 Å². The minimum atomic E-state index is -0.778. The molecule has 1 saturated heterocycles. The summed E-state index contributed by atoms with van der Waals surface area (Å²) in [5, 5.41) is 11.6. The van der Waals surface area contributed by atoms with Gasteiger partial charge in [-0.3, -0.25) is 9.59 Å². The smallest absolute Gasteiger partial charge is 0.295 e. The predicted molar refractivity (Wildman–Crippen MR) is 162 cm³/mol. The molecule has 1 N–H and O–H groups in total. The largest absolute Gasteiger partial charge is 0.507 e. The molecule has 1 heterocycles. The molecule has 2 aromatic rings. The Labute approximate surface area is 244 Å². The van der Waals surface area contributed by atoms with Gasteiger partial charge >= 0.3 is 0 Å². The first-order valence-corrected chi connectivity index (χ1v) is 14.7. The highest BCUT2D eigenvalue weighted by atomic mass is 16.5. The number of hydrogen-bond donors (Lipinski definition) is 1. The zero-order valence-electron chi connectivity index (χ0n) is 25.7. The van der Waals surface area contributed by atoms with Gasteiger partial charge in [0.2, 0.25) is 0 Å². The average Bonchev–Trinajstić information content (AvgIpc) is 3.21. The predicted octanol–water partition coefficient (Wildman–Crippen LogP) is 5.98. The Hall–Kier alpha value is -3.52. The van der Waals surface area contributed by atoms with Gasteiger partial charge in [-0.1, -0.05) is 40.7 Å². The van der Waals surface area contributed by atoms with E-state index in [4.69, 9.17) is 14.2 Å². The van der Waals surface area contributed by atoms with Gasteiger partial charge in [0.1, 0.15) is 11.5 Å². The van der Waals surface area contributed by atoms with E-state index in [9.17, 15) is 14.7 Å².